The van der Waals surface area contributed by atoms with Crippen LogP contribution in [0.25, 0.3) is 0 Å². The molecule has 0 aromatic heterocycles. The van der Waals surface area contributed by atoms with Crippen LogP contribution in [0.15, 0.2) is 24.3 Å². The molecule has 148 valence electrons. The summed E-state index contributed by atoms with van der Waals surface area (Å²) in [6.07, 6.45) is 5.27. The smallest absolute Gasteiger partial charge is 1.00 e. The van der Waals surface area contributed by atoms with E-state index in [2.05, 4.69) is 0 Å². The van der Waals surface area contributed by atoms with E-state index in [1.54, 1.807) is 0 Å². The van der Waals surface area contributed by atoms with Gasteiger partial charge in [0.15, 0.2) is 0 Å². The number of rotatable bonds is 8. The van der Waals surface area contributed by atoms with Crippen LogP contribution in [0.1, 0.15) is 31.4 Å². The average Bonchev–Trinajstić information content (AvgIpc) is 3.04. The molecule has 2 rings (SSSR count). The average molecular weight is 527 g/mol. The molecule has 14 heteroatoms. The molecule has 30 heavy (non-hydrogen) atoms. The molecule has 0 fully saturated rings. The fraction of sp³-hybridized carbons (Fsp3) is 0.375. The quantitative estimate of drug-likeness (QED) is 0.234. The van der Waals surface area contributed by atoms with Gasteiger partial charge in [0.2, 0.25) is 0 Å². The maximum absolute atomic E-state index is 10.9. The molecule has 0 spiro atoms. The SMILES string of the molecule is O=C(O)CCCN1C(=O)C=CC1=O.O=C(O)CCCN1C(=O)C=CC1=O.[H-].[H-].[H-].[H-].[K+].[K+].[K+].[K+]. The molecule has 2 heterocycles. The Bertz CT molecular complexity index is 620. The minimum Gasteiger partial charge on any atom is -1.00 e. The van der Waals surface area contributed by atoms with E-state index in [1.165, 1.54) is 24.3 Å². The molecular formula is C16H22K4N2O8. The number of carbonyl (C=O) groups excluding carboxylic acids is 4. The Morgan fingerprint density at radius 3 is 1.07 bits per heavy atom. The van der Waals surface area contributed by atoms with Crippen molar-refractivity contribution in [2.24, 2.45) is 0 Å². The first kappa shape index (κ1) is 40.4. The van der Waals surface area contributed by atoms with Gasteiger partial charge in [-0.2, -0.15) is 0 Å². The predicted molar refractivity (Wildman–Crippen MR) is 89.9 cm³/mol. The molecule has 0 saturated heterocycles. The second-order valence-corrected chi connectivity index (χ2v) is 5.32. The predicted octanol–water partition coefficient (Wildman–Crippen LogP) is -12.0. The van der Waals surface area contributed by atoms with Crippen molar-refractivity contribution in [3.8, 4) is 0 Å². The van der Waals surface area contributed by atoms with Gasteiger partial charge in [0.05, 0.1) is 0 Å². The molecule has 2 aliphatic heterocycles. The van der Waals surface area contributed by atoms with Crippen LogP contribution < -0.4 is 206 Å². The van der Waals surface area contributed by atoms with E-state index in [0.717, 1.165) is 9.80 Å². The Hall–Kier alpha value is 3.25. The van der Waals surface area contributed by atoms with Crippen LogP contribution in [0.3, 0.4) is 0 Å². The number of hydrogen-bond donors (Lipinski definition) is 2. The van der Waals surface area contributed by atoms with Crippen molar-refractivity contribution in [2.45, 2.75) is 25.7 Å². The van der Waals surface area contributed by atoms with Gasteiger partial charge in [-0.3, -0.25) is 38.6 Å². The topological polar surface area (TPSA) is 149 Å². The van der Waals surface area contributed by atoms with Gasteiger partial charge >= 0.3 is 217 Å². The summed E-state index contributed by atoms with van der Waals surface area (Å²) >= 11 is 0. The van der Waals surface area contributed by atoms with Gasteiger partial charge < -0.3 is 15.9 Å². The number of nitrogens with zero attached hydrogens (tertiary/aromatic N) is 2. The van der Waals surface area contributed by atoms with Crippen LogP contribution in [0.4, 0.5) is 0 Å². The number of hydrogen-bond acceptors (Lipinski definition) is 6. The Kier molecular flexibility index (Phi) is 30.6. The maximum Gasteiger partial charge on any atom is 1.00 e. The minimum atomic E-state index is -0.924. The number of imide groups is 2. The Balaban J connectivity index is -0.0000000537. The molecule has 0 aromatic carbocycles. The summed E-state index contributed by atoms with van der Waals surface area (Å²) in [7, 11) is 0. The van der Waals surface area contributed by atoms with E-state index in [9.17, 15) is 28.8 Å². The van der Waals surface area contributed by atoms with E-state index in [-0.39, 0.29) is 261 Å². The molecule has 10 nitrogen and oxygen atoms in total. The first-order chi connectivity index (χ1) is 12.2. The molecule has 0 atom stereocenters. The largest absolute Gasteiger partial charge is 1.00 e. The zero-order valence-corrected chi connectivity index (χ0v) is 30.3. The standard InChI is InChI=1S/2C8H9NO4.4K.4H/c2*10-6-3-4-7(11)9(6)5-1-2-8(12)13;;;;;;;;/h2*3-4H,1-2,5H2,(H,12,13);;;;;;;;/q;;4*+1;4*-1. The van der Waals surface area contributed by atoms with E-state index in [0.29, 0.717) is 12.8 Å². The van der Waals surface area contributed by atoms with Crippen LogP contribution >= 0.6 is 0 Å². The number of carboxylic acid groups (broad SMARTS) is 2. The van der Waals surface area contributed by atoms with Crippen molar-refractivity contribution in [1.29, 1.82) is 0 Å². The van der Waals surface area contributed by atoms with Crippen molar-refractivity contribution in [2.75, 3.05) is 13.1 Å². The third-order valence-corrected chi connectivity index (χ3v) is 3.35. The molecule has 2 N–H and O–H groups in total. The van der Waals surface area contributed by atoms with E-state index < -0.39 is 11.9 Å². The fourth-order valence-electron chi connectivity index (χ4n) is 2.08. The molecule has 0 unspecified atom stereocenters. The third-order valence-electron chi connectivity index (χ3n) is 3.35. The molecule has 0 saturated carbocycles. The Labute approximate surface area is 350 Å². The van der Waals surface area contributed by atoms with Crippen LogP contribution in [0.5, 0.6) is 0 Å². The summed E-state index contributed by atoms with van der Waals surface area (Å²) in [6.45, 7) is 0.355. The monoisotopic (exact) mass is 526 g/mol. The number of aliphatic carboxylic acids is 2. The molecule has 0 aromatic rings. The minimum absolute atomic E-state index is 0. The van der Waals surface area contributed by atoms with Crippen LogP contribution in [-0.2, 0) is 28.8 Å². The fourth-order valence-corrected chi connectivity index (χ4v) is 2.08. The van der Waals surface area contributed by atoms with Gasteiger partial charge in [-0.1, -0.05) is 0 Å². The molecule has 2 aliphatic rings. The summed E-state index contributed by atoms with van der Waals surface area (Å²) in [4.78, 5) is 66.1. The zero-order valence-electron chi connectivity index (χ0n) is 21.8. The van der Waals surface area contributed by atoms with Crippen molar-refractivity contribution in [3.63, 3.8) is 0 Å². The summed E-state index contributed by atoms with van der Waals surface area (Å²) < 4.78 is 0. The van der Waals surface area contributed by atoms with Gasteiger partial charge in [-0.05, 0) is 12.8 Å². The van der Waals surface area contributed by atoms with Crippen LogP contribution in [0, 0.1) is 0 Å². The van der Waals surface area contributed by atoms with Crippen molar-refractivity contribution >= 4 is 35.6 Å². The van der Waals surface area contributed by atoms with Gasteiger partial charge in [-0.15, -0.1) is 0 Å². The second kappa shape index (κ2) is 22.7. The zero-order chi connectivity index (χ0) is 19.7. The molecule has 0 radical (unpaired) electrons. The number of carbonyl (C=O) groups is 6. The molecule has 0 aliphatic carbocycles. The first-order valence-corrected chi connectivity index (χ1v) is 7.73. The van der Waals surface area contributed by atoms with Crippen LogP contribution in [0.2, 0.25) is 0 Å². The number of carboxylic acids is 2. The Morgan fingerprint density at radius 1 is 0.633 bits per heavy atom. The van der Waals surface area contributed by atoms with E-state index >= 15 is 0 Å². The van der Waals surface area contributed by atoms with Crippen molar-refractivity contribution in [3.05, 3.63) is 24.3 Å². The van der Waals surface area contributed by atoms with Gasteiger partial charge in [0.1, 0.15) is 0 Å². The van der Waals surface area contributed by atoms with E-state index in [1.807, 2.05) is 0 Å². The van der Waals surface area contributed by atoms with E-state index in [4.69, 9.17) is 10.2 Å². The molecular weight excluding hydrogens is 505 g/mol. The molecule has 0 bridgehead atoms. The maximum atomic E-state index is 10.9. The normalized spacial score (nSPS) is 13.5. The second-order valence-electron chi connectivity index (χ2n) is 5.32. The van der Waals surface area contributed by atoms with Gasteiger partial charge in [-0.25, -0.2) is 0 Å². The first-order valence-electron chi connectivity index (χ1n) is 7.73. The van der Waals surface area contributed by atoms with Gasteiger partial charge in [0.25, 0.3) is 23.6 Å². The third kappa shape index (κ3) is 16.8. The van der Waals surface area contributed by atoms with Crippen molar-refractivity contribution in [1.82, 2.24) is 9.80 Å². The summed E-state index contributed by atoms with van der Waals surface area (Å²) in [5.41, 5.74) is 0. The van der Waals surface area contributed by atoms with Crippen LogP contribution in [-0.4, -0.2) is 68.7 Å². The van der Waals surface area contributed by atoms with Crippen molar-refractivity contribution < 1.29 is 250 Å². The van der Waals surface area contributed by atoms with Gasteiger partial charge in [0, 0.05) is 50.2 Å². The molecule has 4 amide bonds. The number of amides is 4. The summed E-state index contributed by atoms with van der Waals surface area (Å²) in [5, 5.41) is 16.6. The Morgan fingerprint density at radius 2 is 0.867 bits per heavy atom. The summed E-state index contributed by atoms with van der Waals surface area (Å²) in [5.74, 6) is -3.31. The summed E-state index contributed by atoms with van der Waals surface area (Å²) in [6, 6.07) is 0.